The number of hydrogen-bond acceptors (Lipinski definition) is 4. The number of halogens is 2. The molecule has 0 radical (unpaired) electrons. The predicted molar refractivity (Wildman–Crippen MR) is 140 cm³/mol. The topological polar surface area (TPSA) is 84.2 Å². The zero-order valence-corrected chi connectivity index (χ0v) is 20.3. The molecule has 0 saturated carbocycles. The number of hydrogen-bond donors (Lipinski definition) is 2. The van der Waals surface area contributed by atoms with Crippen LogP contribution < -0.4 is 20.6 Å². The van der Waals surface area contributed by atoms with Crippen molar-refractivity contribution < 1.29 is 9.47 Å². The lowest BCUT2D eigenvalue weighted by Crippen LogP contribution is -2.14. The van der Waals surface area contributed by atoms with E-state index in [4.69, 9.17) is 32.7 Å². The van der Waals surface area contributed by atoms with Gasteiger partial charge in [0.1, 0.15) is 11.5 Å². The third kappa shape index (κ3) is 5.03. The molecule has 4 rings (SSSR count). The number of pyridine rings is 2. The largest absolute Gasteiger partial charge is 0.496 e. The highest BCUT2D eigenvalue weighted by Gasteiger charge is 2.14. The maximum absolute atomic E-state index is 11.9. The van der Waals surface area contributed by atoms with Crippen molar-refractivity contribution >= 4 is 45.0 Å². The molecule has 2 N–H and O–H groups in total. The number of aromatic nitrogens is 2. The minimum absolute atomic E-state index is 0.170. The molecule has 0 bridgehead atoms. The molecule has 2 aromatic heterocycles. The fourth-order valence-electron chi connectivity index (χ4n) is 3.71. The zero-order chi connectivity index (χ0) is 24.8. The number of aromatic amines is 2. The minimum Gasteiger partial charge on any atom is -0.496 e. The average Bonchev–Trinajstić information content (AvgIpc) is 2.81. The molecule has 0 saturated heterocycles. The molecule has 6 nitrogen and oxygen atoms in total. The zero-order valence-electron chi connectivity index (χ0n) is 18.8. The van der Waals surface area contributed by atoms with Crippen molar-refractivity contribution in [2.24, 2.45) is 0 Å². The van der Waals surface area contributed by atoms with Gasteiger partial charge < -0.3 is 19.4 Å². The monoisotopic (exact) mass is 498 g/mol. The minimum atomic E-state index is -0.170. The predicted octanol–water partition coefficient (Wildman–Crippen LogP) is 5.84. The van der Waals surface area contributed by atoms with Crippen molar-refractivity contribution in [2.75, 3.05) is 14.2 Å². The van der Waals surface area contributed by atoms with E-state index >= 15 is 0 Å². The lowest BCUT2D eigenvalue weighted by molar-refractivity contribution is 0.414. The summed E-state index contributed by atoms with van der Waals surface area (Å²) in [7, 11) is 3.08. The molecule has 176 valence electrons. The van der Waals surface area contributed by atoms with Crippen molar-refractivity contribution in [2.45, 2.75) is 12.8 Å². The molecule has 8 heteroatoms. The SMILES string of the molecule is C=CCc1c(OC)c2c(Cl)cccc2[nH]c1=O.C=CCc1c(OC)c2ccc(Cl)cc2[nH]c1=O. The van der Waals surface area contributed by atoms with Crippen LogP contribution in [0, 0.1) is 0 Å². The van der Waals surface area contributed by atoms with Crippen LogP contribution in [0.5, 0.6) is 11.5 Å². The summed E-state index contributed by atoms with van der Waals surface area (Å²) in [5.74, 6) is 1.11. The van der Waals surface area contributed by atoms with E-state index in [0.29, 0.717) is 56.5 Å². The summed E-state index contributed by atoms with van der Waals surface area (Å²) in [5.41, 5.74) is 2.13. The van der Waals surface area contributed by atoms with E-state index in [2.05, 4.69) is 23.1 Å². The molecule has 0 fully saturated rings. The van der Waals surface area contributed by atoms with Gasteiger partial charge in [0, 0.05) is 10.4 Å². The fraction of sp³-hybridized carbons (Fsp3) is 0.154. The normalized spacial score (nSPS) is 10.5. The van der Waals surface area contributed by atoms with E-state index in [1.165, 1.54) is 7.11 Å². The van der Waals surface area contributed by atoms with Crippen LogP contribution in [0.3, 0.4) is 0 Å². The van der Waals surface area contributed by atoms with Crippen LogP contribution in [-0.2, 0) is 12.8 Å². The van der Waals surface area contributed by atoms with E-state index in [1.54, 1.807) is 49.6 Å². The van der Waals surface area contributed by atoms with Gasteiger partial charge in [0.2, 0.25) is 0 Å². The average molecular weight is 499 g/mol. The second-order valence-corrected chi connectivity index (χ2v) is 8.11. The first kappa shape index (κ1) is 25.1. The number of ether oxygens (including phenoxy) is 2. The number of benzene rings is 2. The van der Waals surface area contributed by atoms with E-state index in [1.807, 2.05) is 6.07 Å². The Morgan fingerprint density at radius 1 is 0.853 bits per heavy atom. The standard InChI is InChI=1S/2C13H12ClNO2/c1-3-5-8-12(17-2)11-9(14)6-4-7-10(11)15-13(8)16;1-3-4-10-12(17-2)9-6-5-8(14)7-11(9)15-13(10)16/h3-4,6-7H,1,5H2,2H3,(H,15,16);3,5-7H,1,4H2,2H3,(H,15,16). The Kier molecular flexibility index (Phi) is 8.21. The van der Waals surface area contributed by atoms with Gasteiger partial charge in [-0.2, -0.15) is 0 Å². The van der Waals surface area contributed by atoms with Gasteiger partial charge in [-0.1, -0.05) is 41.4 Å². The van der Waals surface area contributed by atoms with E-state index in [-0.39, 0.29) is 11.1 Å². The summed E-state index contributed by atoms with van der Waals surface area (Å²) in [6.45, 7) is 7.27. The number of methoxy groups -OCH3 is 2. The molecule has 2 aromatic carbocycles. The van der Waals surface area contributed by atoms with Crippen molar-refractivity contribution in [1.29, 1.82) is 0 Å². The van der Waals surface area contributed by atoms with Crippen LogP contribution in [0.15, 0.2) is 71.3 Å². The molecule has 0 amide bonds. The smallest absolute Gasteiger partial charge is 0.255 e. The van der Waals surface area contributed by atoms with Gasteiger partial charge in [-0.05, 0) is 43.2 Å². The lowest BCUT2D eigenvalue weighted by atomic mass is 10.1. The Labute approximate surface area is 206 Å². The molecule has 0 atom stereocenters. The Morgan fingerprint density at radius 2 is 1.44 bits per heavy atom. The number of allylic oxidation sites excluding steroid dienone is 2. The van der Waals surface area contributed by atoms with Crippen LogP contribution in [0.4, 0.5) is 0 Å². The molecule has 0 unspecified atom stereocenters. The van der Waals surface area contributed by atoms with Gasteiger partial charge in [0.15, 0.2) is 0 Å². The van der Waals surface area contributed by atoms with Crippen molar-refractivity contribution in [1.82, 2.24) is 9.97 Å². The summed E-state index contributed by atoms with van der Waals surface area (Å²) in [4.78, 5) is 29.4. The van der Waals surface area contributed by atoms with Crippen molar-refractivity contribution in [3.63, 3.8) is 0 Å². The van der Waals surface area contributed by atoms with Gasteiger partial charge in [-0.15, -0.1) is 13.2 Å². The van der Waals surface area contributed by atoms with Crippen LogP contribution in [0.25, 0.3) is 21.8 Å². The summed E-state index contributed by atoms with van der Waals surface area (Å²) >= 11 is 12.0. The first-order valence-electron chi connectivity index (χ1n) is 10.3. The molecule has 0 spiro atoms. The Bertz CT molecular complexity index is 1470. The molecule has 2 heterocycles. The molecule has 0 aliphatic carbocycles. The van der Waals surface area contributed by atoms with Gasteiger partial charge in [-0.25, -0.2) is 0 Å². The summed E-state index contributed by atoms with van der Waals surface area (Å²) < 4.78 is 10.6. The maximum atomic E-state index is 11.9. The second-order valence-electron chi connectivity index (χ2n) is 7.27. The van der Waals surface area contributed by atoms with E-state index < -0.39 is 0 Å². The number of rotatable bonds is 6. The quantitative estimate of drug-likeness (QED) is 0.327. The second kappa shape index (κ2) is 11.1. The van der Waals surface area contributed by atoms with Crippen LogP contribution in [0.2, 0.25) is 10.0 Å². The summed E-state index contributed by atoms with van der Waals surface area (Å²) in [6, 6.07) is 10.7. The summed E-state index contributed by atoms with van der Waals surface area (Å²) in [5, 5.41) is 2.70. The highest BCUT2D eigenvalue weighted by molar-refractivity contribution is 6.36. The molecular formula is C26H24Cl2N2O4. The fourth-order valence-corrected chi connectivity index (χ4v) is 4.14. The van der Waals surface area contributed by atoms with Crippen LogP contribution in [-0.4, -0.2) is 24.2 Å². The van der Waals surface area contributed by atoms with Crippen molar-refractivity contribution in [3.05, 3.63) is 104 Å². The third-order valence-electron chi connectivity index (χ3n) is 5.16. The number of H-pyrrole nitrogens is 2. The number of nitrogens with one attached hydrogen (secondary N) is 2. The van der Waals surface area contributed by atoms with Crippen molar-refractivity contribution in [3.8, 4) is 11.5 Å². The highest BCUT2D eigenvalue weighted by Crippen LogP contribution is 2.32. The third-order valence-corrected chi connectivity index (χ3v) is 5.71. The van der Waals surface area contributed by atoms with Gasteiger partial charge in [-0.3, -0.25) is 9.59 Å². The van der Waals surface area contributed by atoms with Gasteiger partial charge in [0.25, 0.3) is 11.1 Å². The molecular weight excluding hydrogens is 475 g/mol. The first-order valence-corrected chi connectivity index (χ1v) is 11.1. The molecule has 0 aliphatic rings. The van der Waals surface area contributed by atoms with Crippen LogP contribution in [0.1, 0.15) is 11.1 Å². The lowest BCUT2D eigenvalue weighted by Gasteiger charge is -2.10. The molecule has 4 aromatic rings. The maximum Gasteiger partial charge on any atom is 0.255 e. The summed E-state index contributed by atoms with van der Waals surface area (Å²) in [6.07, 6.45) is 4.25. The Hall–Kier alpha value is -3.48. The van der Waals surface area contributed by atoms with E-state index in [9.17, 15) is 9.59 Å². The first-order chi connectivity index (χ1) is 16.4. The van der Waals surface area contributed by atoms with Gasteiger partial charge in [0.05, 0.1) is 46.8 Å². The Morgan fingerprint density at radius 3 is 2.03 bits per heavy atom. The van der Waals surface area contributed by atoms with E-state index in [0.717, 1.165) is 10.8 Å². The van der Waals surface area contributed by atoms with Gasteiger partial charge >= 0.3 is 0 Å². The Balaban J connectivity index is 0.000000191. The highest BCUT2D eigenvalue weighted by atomic mass is 35.5. The van der Waals surface area contributed by atoms with Crippen LogP contribution >= 0.6 is 23.2 Å². The number of fused-ring (bicyclic) bond motifs is 2. The molecule has 0 aliphatic heterocycles. The molecule has 34 heavy (non-hydrogen) atoms.